The summed E-state index contributed by atoms with van der Waals surface area (Å²) in [7, 11) is 0. The van der Waals surface area contributed by atoms with Gasteiger partial charge in [0.25, 0.3) is 5.56 Å². The molecule has 1 saturated carbocycles. The van der Waals surface area contributed by atoms with E-state index >= 15 is 0 Å². The maximum Gasteiger partial charge on any atom is 0.325 e. The van der Waals surface area contributed by atoms with Crippen molar-refractivity contribution in [1.82, 2.24) is 19.9 Å². The number of ether oxygens (including phenoxy) is 2. The summed E-state index contributed by atoms with van der Waals surface area (Å²) < 4.78 is 13.4. The number of aryl methyl sites for hydroxylation is 1. The van der Waals surface area contributed by atoms with Gasteiger partial charge in [0.05, 0.1) is 17.6 Å². The van der Waals surface area contributed by atoms with Crippen LogP contribution in [0, 0.1) is 12.8 Å². The third-order valence-corrected chi connectivity index (χ3v) is 7.55. The van der Waals surface area contributed by atoms with Gasteiger partial charge in [-0.1, -0.05) is 6.07 Å². The number of nitrogens with zero attached hydrogens (tertiary/aromatic N) is 2. The number of aromatic amines is 1. The van der Waals surface area contributed by atoms with Crippen LogP contribution in [0.4, 0.5) is 0 Å². The lowest BCUT2D eigenvalue weighted by molar-refractivity contribution is -0.152. The second-order valence-corrected chi connectivity index (χ2v) is 10.3. The normalized spacial score (nSPS) is 17.9. The highest BCUT2D eigenvalue weighted by Gasteiger charge is 2.25. The minimum atomic E-state index is -0.762. The van der Waals surface area contributed by atoms with Gasteiger partial charge in [0.1, 0.15) is 18.0 Å². The van der Waals surface area contributed by atoms with E-state index in [-0.39, 0.29) is 18.3 Å². The number of esters is 1. The minimum Gasteiger partial charge on any atom is -0.461 e. The Kier molecular flexibility index (Phi) is 8.02. The largest absolute Gasteiger partial charge is 0.461 e. The van der Waals surface area contributed by atoms with Gasteiger partial charge >= 0.3 is 5.97 Å². The number of benzene rings is 1. The van der Waals surface area contributed by atoms with E-state index in [2.05, 4.69) is 20.9 Å². The van der Waals surface area contributed by atoms with Crippen molar-refractivity contribution in [3.05, 3.63) is 51.9 Å². The maximum absolute atomic E-state index is 12.5. The molecule has 9 heteroatoms. The van der Waals surface area contributed by atoms with Crippen molar-refractivity contribution in [3.63, 3.8) is 0 Å². The van der Waals surface area contributed by atoms with E-state index in [4.69, 9.17) is 14.5 Å². The number of carbonyl (C=O) groups excluding carboxylic acids is 1. The van der Waals surface area contributed by atoms with Gasteiger partial charge in [-0.05, 0) is 75.1 Å². The van der Waals surface area contributed by atoms with Crippen LogP contribution in [0.15, 0.2) is 35.3 Å². The number of imidazole rings is 1. The molecule has 0 radical (unpaired) electrons. The van der Waals surface area contributed by atoms with Crippen molar-refractivity contribution in [2.45, 2.75) is 70.7 Å². The Morgan fingerprint density at radius 2 is 2.03 bits per heavy atom. The highest BCUT2D eigenvalue weighted by molar-refractivity contribution is 5.81. The molecule has 0 amide bonds. The van der Waals surface area contributed by atoms with Gasteiger partial charge in [-0.25, -0.2) is 4.98 Å². The summed E-state index contributed by atoms with van der Waals surface area (Å²) in [5.41, 5.74) is 4.24. The van der Waals surface area contributed by atoms with Crippen molar-refractivity contribution < 1.29 is 19.4 Å². The first-order valence-electron chi connectivity index (χ1n) is 13.3. The fraction of sp³-hybridized carbons (Fsp3) is 0.536. The quantitative estimate of drug-likeness (QED) is 0.380. The third kappa shape index (κ3) is 5.95. The highest BCUT2D eigenvalue weighted by Crippen LogP contribution is 2.29. The summed E-state index contributed by atoms with van der Waals surface area (Å²) in [5.74, 6) is 0.914. The third-order valence-electron chi connectivity index (χ3n) is 7.55. The van der Waals surface area contributed by atoms with Crippen LogP contribution in [0.25, 0.3) is 22.4 Å². The van der Waals surface area contributed by atoms with Crippen molar-refractivity contribution in [3.8, 4) is 11.4 Å². The van der Waals surface area contributed by atoms with Crippen LogP contribution >= 0.6 is 0 Å². The molecule has 198 valence electrons. The first-order chi connectivity index (χ1) is 18.0. The van der Waals surface area contributed by atoms with Crippen LogP contribution in [0.1, 0.15) is 49.7 Å². The topological polar surface area (TPSA) is 118 Å². The highest BCUT2D eigenvalue weighted by atomic mass is 16.5. The number of hydrogen-bond acceptors (Lipinski definition) is 7. The number of H-pyrrole nitrogens is 1. The molecule has 1 aromatic carbocycles. The molecule has 2 fully saturated rings. The first-order valence-corrected chi connectivity index (χ1v) is 13.3. The number of aromatic nitrogens is 3. The number of aliphatic hydroxyl groups is 1. The van der Waals surface area contributed by atoms with Crippen molar-refractivity contribution >= 4 is 17.0 Å². The van der Waals surface area contributed by atoms with Crippen LogP contribution in [-0.2, 0) is 27.4 Å². The van der Waals surface area contributed by atoms with Crippen LogP contribution < -0.4 is 10.9 Å². The number of rotatable bonds is 9. The Morgan fingerprint density at radius 3 is 2.76 bits per heavy atom. The average Bonchev–Trinajstić information content (AvgIpc) is 3.54. The molecule has 9 nitrogen and oxygen atoms in total. The Balaban J connectivity index is 1.38. The lowest BCUT2D eigenvalue weighted by Gasteiger charge is -2.23. The Hall–Kier alpha value is -3.01. The summed E-state index contributed by atoms with van der Waals surface area (Å²) in [5, 5.41) is 12.9. The van der Waals surface area contributed by atoms with Crippen LogP contribution in [-0.4, -0.2) is 57.6 Å². The van der Waals surface area contributed by atoms with Gasteiger partial charge < -0.3 is 24.1 Å². The number of fused-ring (bicyclic) bond motifs is 1. The second kappa shape index (κ2) is 11.6. The molecule has 3 aromatic rings. The van der Waals surface area contributed by atoms with E-state index in [0.717, 1.165) is 86.3 Å². The molecule has 1 atom stereocenters. The van der Waals surface area contributed by atoms with E-state index < -0.39 is 12.0 Å². The van der Waals surface area contributed by atoms with Gasteiger partial charge in [0.2, 0.25) is 0 Å². The van der Waals surface area contributed by atoms with Gasteiger partial charge in [0, 0.05) is 43.6 Å². The molecule has 2 aromatic heterocycles. The molecule has 0 spiro atoms. The SMILES string of the molecule is Cc1cc(-c2nc3cc(CN[C@@H](CO)C(=O)OC4CCCC4)ccc3n2CC2CCOCC2)c[nH]c1=O. The van der Waals surface area contributed by atoms with Crippen LogP contribution in [0.2, 0.25) is 0 Å². The number of nitrogens with one attached hydrogen (secondary N) is 2. The summed E-state index contributed by atoms with van der Waals surface area (Å²) in [6, 6.07) is 7.22. The standard InChI is InChI=1S/C28H36N4O5/c1-18-12-21(15-30-27(18)34)26-31-23-13-20(6-7-25(23)32(26)16-19-8-10-36-11-9-19)14-29-24(17-33)28(35)37-22-4-2-3-5-22/h6-7,12-13,15,19,22,24,29,33H,2-5,8-11,14,16-17H2,1H3,(H,30,34)/t24-/m0/s1. The molecule has 3 heterocycles. The zero-order valence-corrected chi connectivity index (χ0v) is 21.4. The van der Waals surface area contributed by atoms with E-state index in [1.807, 2.05) is 18.2 Å². The molecule has 3 N–H and O–H groups in total. The van der Waals surface area contributed by atoms with Gasteiger partial charge in [0.15, 0.2) is 0 Å². The van der Waals surface area contributed by atoms with Gasteiger partial charge in [-0.3, -0.25) is 14.9 Å². The lowest BCUT2D eigenvalue weighted by atomic mass is 10.00. The van der Waals surface area contributed by atoms with Gasteiger partial charge in [-0.2, -0.15) is 0 Å². The van der Waals surface area contributed by atoms with E-state index in [1.54, 1.807) is 13.1 Å². The summed E-state index contributed by atoms with van der Waals surface area (Å²) in [4.78, 5) is 32.3. The van der Waals surface area contributed by atoms with Crippen LogP contribution in [0.5, 0.6) is 0 Å². The molecule has 2 aliphatic rings. The fourth-order valence-corrected chi connectivity index (χ4v) is 5.32. The fourth-order valence-electron chi connectivity index (χ4n) is 5.32. The second-order valence-electron chi connectivity index (χ2n) is 10.3. The zero-order valence-electron chi connectivity index (χ0n) is 21.4. The van der Waals surface area contributed by atoms with Crippen molar-refractivity contribution in [2.24, 2.45) is 5.92 Å². The van der Waals surface area contributed by atoms with Crippen LogP contribution in [0.3, 0.4) is 0 Å². The minimum absolute atomic E-state index is 0.0330. The average molecular weight is 509 g/mol. The Labute approximate surface area is 216 Å². The molecule has 1 aliphatic carbocycles. The number of aliphatic hydroxyl groups excluding tert-OH is 1. The maximum atomic E-state index is 12.5. The molecule has 0 bridgehead atoms. The van der Waals surface area contributed by atoms with Gasteiger partial charge in [-0.15, -0.1) is 0 Å². The predicted molar refractivity (Wildman–Crippen MR) is 140 cm³/mol. The van der Waals surface area contributed by atoms with E-state index in [1.165, 1.54) is 0 Å². The molecule has 5 rings (SSSR count). The smallest absolute Gasteiger partial charge is 0.325 e. The monoisotopic (exact) mass is 508 g/mol. The number of pyridine rings is 1. The summed E-state index contributed by atoms with van der Waals surface area (Å²) in [6.07, 6.45) is 7.66. The Bertz CT molecular complexity index is 1290. The molecule has 0 unspecified atom stereocenters. The predicted octanol–water partition coefficient (Wildman–Crippen LogP) is 3.06. The molecule has 1 aliphatic heterocycles. The Morgan fingerprint density at radius 1 is 1.24 bits per heavy atom. The lowest BCUT2D eigenvalue weighted by Crippen LogP contribution is -2.41. The molecule has 37 heavy (non-hydrogen) atoms. The zero-order chi connectivity index (χ0) is 25.8. The van der Waals surface area contributed by atoms with E-state index in [0.29, 0.717) is 18.0 Å². The van der Waals surface area contributed by atoms with E-state index in [9.17, 15) is 14.7 Å². The summed E-state index contributed by atoms with van der Waals surface area (Å²) >= 11 is 0. The molecule has 1 saturated heterocycles. The first kappa shape index (κ1) is 25.6. The molecular formula is C28H36N4O5. The van der Waals surface area contributed by atoms with Crippen molar-refractivity contribution in [1.29, 1.82) is 0 Å². The summed E-state index contributed by atoms with van der Waals surface area (Å²) in [6.45, 7) is 4.26. The number of carbonyl (C=O) groups is 1. The number of hydrogen-bond donors (Lipinski definition) is 3. The van der Waals surface area contributed by atoms with Crippen molar-refractivity contribution in [2.75, 3.05) is 19.8 Å². The molecular weight excluding hydrogens is 472 g/mol.